The molecule has 0 saturated heterocycles. The first-order valence-corrected chi connectivity index (χ1v) is 10.4. The highest BCUT2D eigenvalue weighted by molar-refractivity contribution is 7.20. The molecule has 0 saturated carbocycles. The van der Waals surface area contributed by atoms with E-state index in [1.807, 2.05) is 26.8 Å². The van der Waals surface area contributed by atoms with Crippen LogP contribution in [-0.2, 0) is 0 Å². The minimum absolute atomic E-state index is 0.256. The summed E-state index contributed by atoms with van der Waals surface area (Å²) in [5, 5.41) is 4.59. The number of fused-ring (bicyclic) bond motifs is 2. The van der Waals surface area contributed by atoms with E-state index in [2.05, 4.69) is 15.3 Å². The van der Waals surface area contributed by atoms with E-state index in [1.54, 1.807) is 30.5 Å². The van der Waals surface area contributed by atoms with Gasteiger partial charge in [-0.1, -0.05) is 0 Å². The molecule has 0 atom stereocenters. The van der Waals surface area contributed by atoms with Crippen molar-refractivity contribution in [3.05, 3.63) is 74.8 Å². The summed E-state index contributed by atoms with van der Waals surface area (Å²) in [4.78, 5) is 35.1. The Bertz CT molecular complexity index is 1530. The lowest BCUT2D eigenvalue weighted by Gasteiger charge is -2.06. The SMILES string of the molecule is Cc1cc(=O)oc2cc(NC(=O)c3sc4nc(-c5ccco5)nc(C)c4c3C)ccc12. The zero-order chi connectivity index (χ0) is 21.7. The number of rotatable bonds is 3. The van der Waals surface area contributed by atoms with Crippen LogP contribution in [0, 0.1) is 20.8 Å². The maximum Gasteiger partial charge on any atom is 0.336 e. The molecule has 0 radical (unpaired) electrons. The Morgan fingerprint density at radius 3 is 2.71 bits per heavy atom. The summed E-state index contributed by atoms with van der Waals surface area (Å²) < 4.78 is 10.7. The molecular formula is C23H17N3O4S. The van der Waals surface area contributed by atoms with Crippen molar-refractivity contribution in [3.8, 4) is 11.6 Å². The van der Waals surface area contributed by atoms with Crippen LogP contribution in [0.5, 0.6) is 0 Å². The Kier molecular flexibility index (Phi) is 4.44. The summed E-state index contributed by atoms with van der Waals surface area (Å²) in [6, 6.07) is 10.3. The Balaban J connectivity index is 1.52. The minimum Gasteiger partial charge on any atom is -0.461 e. The van der Waals surface area contributed by atoms with Gasteiger partial charge in [-0.25, -0.2) is 14.8 Å². The molecule has 4 heterocycles. The largest absolute Gasteiger partial charge is 0.461 e. The van der Waals surface area contributed by atoms with Gasteiger partial charge in [0.15, 0.2) is 11.6 Å². The molecule has 4 aromatic heterocycles. The third-order valence-corrected chi connectivity index (χ3v) is 6.31. The number of benzene rings is 1. The number of aromatic nitrogens is 2. The van der Waals surface area contributed by atoms with Crippen LogP contribution in [0.4, 0.5) is 5.69 Å². The van der Waals surface area contributed by atoms with Crippen LogP contribution in [0.25, 0.3) is 32.8 Å². The smallest absolute Gasteiger partial charge is 0.336 e. The number of nitrogens with zero attached hydrogens (tertiary/aromatic N) is 2. The van der Waals surface area contributed by atoms with Gasteiger partial charge in [0.05, 0.1) is 16.8 Å². The monoisotopic (exact) mass is 431 g/mol. The van der Waals surface area contributed by atoms with Crippen LogP contribution in [-0.4, -0.2) is 15.9 Å². The quantitative estimate of drug-likeness (QED) is 0.393. The molecule has 31 heavy (non-hydrogen) atoms. The van der Waals surface area contributed by atoms with Gasteiger partial charge >= 0.3 is 5.63 Å². The highest BCUT2D eigenvalue weighted by Crippen LogP contribution is 2.33. The van der Waals surface area contributed by atoms with Crippen molar-refractivity contribution in [1.82, 2.24) is 9.97 Å². The second-order valence-corrected chi connectivity index (χ2v) is 8.26. The highest BCUT2D eigenvalue weighted by atomic mass is 32.1. The summed E-state index contributed by atoms with van der Waals surface area (Å²) in [6.45, 7) is 5.63. The molecule has 7 nitrogen and oxygen atoms in total. The van der Waals surface area contributed by atoms with Gasteiger partial charge in [0.1, 0.15) is 10.4 Å². The van der Waals surface area contributed by atoms with Crippen molar-refractivity contribution in [2.75, 3.05) is 5.32 Å². The average molecular weight is 431 g/mol. The highest BCUT2D eigenvalue weighted by Gasteiger charge is 2.20. The molecule has 0 aliphatic rings. The summed E-state index contributed by atoms with van der Waals surface area (Å²) in [7, 11) is 0. The lowest BCUT2D eigenvalue weighted by Crippen LogP contribution is -2.11. The van der Waals surface area contributed by atoms with Gasteiger partial charge in [-0.05, 0) is 56.2 Å². The number of carbonyl (C=O) groups excluding carboxylic acids is 1. The number of furan rings is 1. The van der Waals surface area contributed by atoms with Crippen LogP contribution in [0.15, 0.2) is 56.3 Å². The van der Waals surface area contributed by atoms with Crippen molar-refractivity contribution in [1.29, 1.82) is 0 Å². The van der Waals surface area contributed by atoms with E-state index in [1.165, 1.54) is 17.4 Å². The number of carbonyl (C=O) groups is 1. The molecular weight excluding hydrogens is 414 g/mol. The molecule has 5 rings (SSSR count). The number of nitrogens with one attached hydrogen (secondary N) is 1. The van der Waals surface area contributed by atoms with E-state index >= 15 is 0 Å². The van der Waals surface area contributed by atoms with E-state index in [4.69, 9.17) is 8.83 Å². The fourth-order valence-corrected chi connectivity index (χ4v) is 4.79. The van der Waals surface area contributed by atoms with E-state index in [0.29, 0.717) is 27.7 Å². The number of hydrogen-bond donors (Lipinski definition) is 1. The summed E-state index contributed by atoms with van der Waals surface area (Å²) in [5.41, 5.74) is 2.99. The zero-order valence-corrected chi connectivity index (χ0v) is 17.8. The Morgan fingerprint density at radius 1 is 1.10 bits per heavy atom. The van der Waals surface area contributed by atoms with E-state index in [9.17, 15) is 9.59 Å². The molecule has 5 aromatic rings. The Labute approximate surface area is 180 Å². The minimum atomic E-state index is -0.421. The molecule has 0 aliphatic heterocycles. The molecule has 0 aliphatic carbocycles. The van der Waals surface area contributed by atoms with E-state index in [-0.39, 0.29) is 5.91 Å². The first kappa shape index (κ1) is 19.2. The van der Waals surface area contributed by atoms with Gasteiger partial charge in [0.2, 0.25) is 0 Å². The molecule has 154 valence electrons. The van der Waals surface area contributed by atoms with Crippen LogP contribution in [0.3, 0.4) is 0 Å². The Hall–Kier alpha value is -3.78. The first-order chi connectivity index (χ1) is 14.9. The zero-order valence-electron chi connectivity index (χ0n) is 17.0. The number of aryl methyl sites for hydroxylation is 3. The fourth-order valence-electron chi connectivity index (χ4n) is 3.66. The van der Waals surface area contributed by atoms with Crippen molar-refractivity contribution in [2.45, 2.75) is 20.8 Å². The van der Waals surface area contributed by atoms with Crippen molar-refractivity contribution in [2.24, 2.45) is 0 Å². The number of amides is 1. The van der Waals surface area contributed by atoms with E-state index in [0.717, 1.165) is 32.4 Å². The van der Waals surface area contributed by atoms with Crippen molar-refractivity contribution in [3.63, 3.8) is 0 Å². The van der Waals surface area contributed by atoms with Gasteiger partial charge in [0.25, 0.3) is 5.91 Å². The van der Waals surface area contributed by atoms with Crippen LogP contribution in [0.1, 0.15) is 26.5 Å². The lowest BCUT2D eigenvalue weighted by atomic mass is 10.1. The second kappa shape index (κ2) is 7.17. The lowest BCUT2D eigenvalue weighted by molar-refractivity contribution is 0.103. The number of anilines is 1. The average Bonchev–Trinajstić information content (AvgIpc) is 3.36. The van der Waals surface area contributed by atoms with Gasteiger partial charge in [0, 0.05) is 28.6 Å². The topological polar surface area (TPSA) is 98.2 Å². The maximum absolute atomic E-state index is 13.0. The van der Waals surface area contributed by atoms with Crippen molar-refractivity contribution < 1.29 is 13.6 Å². The van der Waals surface area contributed by atoms with Gasteiger partial charge < -0.3 is 14.2 Å². The van der Waals surface area contributed by atoms with Crippen LogP contribution < -0.4 is 10.9 Å². The molecule has 1 N–H and O–H groups in total. The molecule has 0 unspecified atom stereocenters. The molecule has 0 fully saturated rings. The molecule has 8 heteroatoms. The third-order valence-electron chi connectivity index (χ3n) is 5.13. The predicted molar refractivity (Wildman–Crippen MR) is 120 cm³/mol. The van der Waals surface area contributed by atoms with Gasteiger partial charge in [-0.15, -0.1) is 11.3 Å². The third kappa shape index (κ3) is 3.30. The summed E-state index contributed by atoms with van der Waals surface area (Å²) in [6.07, 6.45) is 1.57. The predicted octanol–water partition coefficient (Wildman–Crippen LogP) is 5.24. The molecule has 0 spiro atoms. The van der Waals surface area contributed by atoms with Crippen LogP contribution in [0.2, 0.25) is 0 Å². The molecule has 1 aromatic carbocycles. The van der Waals surface area contributed by atoms with Crippen molar-refractivity contribution >= 4 is 44.1 Å². The molecule has 1 amide bonds. The number of hydrogen-bond acceptors (Lipinski definition) is 7. The first-order valence-electron chi connectivity index (χ1n) is 9.58. The van der Waals surface area contributed by atoms with Gasteiger partial charge in [-0.2, -0.15) is 0 Å². The Morgan fingerprint density at radius 2 is 1.94 bits per heavy atom. The molecule has 0 bridgehead atoms. The summed E-state index contributed by atoms with van der Waals surface area (Å²) >= 11 is 1.31. The number of thiophene rings is 1. The van der Waals surface area contributed by atoms with Gasteiger partial charge in [-0.3, -0.25) is 4.79 Å². The fraction of sp³-hybridized carbons (Fsp3) is 0.130. The second-order valence-electron chi connectivity index (χ2n) is 7.26. The summed E-state index contributed by atoms with van der Waals surface area (Å²) in [5.74, 6) is 0.812. The van der Waals surface area contributed by atoms with Crippen LogP contribution >= 0.6 is 11.3 Å². The standard InChI is InChI=1S/C23H17N3O4S/c1-11-9-18(27)30-17-10-14(6-7-15(11)17)25-22(28)20-12(2)19-13(3)24-21(26-23(19)31-20)16-5-4-8-29-16/h4-10H,1-3H3,(H,25,28). The normalized spacial score (nSPS) is 11.3. The van der Waals surface area contributed by atoms with E-state index < -0.39 is 5.63 Å². The maximum atomic E-state index is 13.0.